The van der Waals surface area contributed by atoms with Crippen LogP contribution in [0.15, 0.2) is 18.2 Å². The third-order valence-electron chi connectivity index (χ3n) is 2.95. The molecular formula is C14H23NO. The molecule has 1 aromatic rings. The van der Waals surface area contributed by atoms with Crippen LogP contribution in [0.2, 0.25) is 0 Å². The van der Waals surface area contributed by atoms with E-state index in [0.29, 0.717) is 11.8 Å². The number of hydrogen-bond donors (Lipinski definition) is 2. The largest absolute Gasteiger partial charge is 0.508 e. The Hall–Kier alpha value is -1.02. The zero-order chi connectivity index (χ0) is 12.0. The molecule has 2 heteroatoms. The van der Waals surface area contributed by atoms with Gasteiger partial charge in [-0.15, -0.1) is 0 Å². The van der Waals surface area contributed by atoms with Gasteiger partial charge in [0.05, 0.1) is 0 Å². The predicted molar refractivity (Wildman–Crippen MR) is 68.7 cm³/mol. The molecule has 0 saturated carbocycles. The fraction of sp³-hybridized carbons (Fsp3) is 0.571. The van der Waals surface area contributed by atoms with E-state index in [1.165, 1.54) is 18.4 Å². The molecule has 0 heterocycles. The first-order chi connectivity index (χ1) is 7.67. The minimum absolute atomic E-state index is 0.393. The molecule has 2 nitrogen and oxygen atoms in total. The minimum atomic E-state index is 0.393. The summed E-state index contributed by atoms with van der Waals surface area (Å²) in [6.45, 7) is 7.20. The fourth-order valence-corrected chi connectivity index (χ4v) is 1.91. The molecule has 0 radical (unpaired) electrons. The third-order valence-corrected chi connectivity index (χ3v) is 2.95. The van der Waals surface area contributed by atoms with Crippen LogP contribution in [-0.2, 0) is 6.54 Å². The number of rotatable bonds is 6. The zero-order valence-electron chi connectivity index (χ0n) is 10.6. The second kappa shape index (κ2) is 6.54. The van der Waals surface area contributed by atoms with Crippen LogP contribution in [0.3, 0.4) is 0 Å². The molecule has 0 fully saturated rings. The lowest BCUT2D eigenvalue weighted by atomic mass is 10.1. The van der Waals surface area contributed by atoms with E-state index in [9.17, 15) is 5.11 Å². The second-order valence-corrected chi connectivity index (χ2v) is 4.41. The van der Waals surface area contributed by atoms with Crippen molar-refractivity contribution in [1.29, 1.82) is 0 Å². The Morgan fingerprint density at radius 2 is 2.06 bits per heavy atom. The van der Waals surface area contributed by atoms with Crippen molar-refractivity contribution in [3.63, 3.8) is 0 Å². The first-order valence-electron chi connectivity index (χ1n) is 6.19. The maximum atomic E-state index is 9.71. The molecule has 2 N–H and O–H groups in total. The van der Waals surface area contributed by atoms with Crippen molar-refractivity contribution < 1.29 is 5.11 Å². The Labute approximate surface area is 98.7 Å². The minimum Gasteiger partial charge on any atom is -0.508 e. The smallest absolute Gasteiger partial charge is 0.120 e. The molecule has 1 unspecified atom stereocenters. The summed E-state index contributed by atoms with van der Waals surface area (Å²) in [5.74, 6) is 0.393. The summed E-state index contributed by atoms with van der Waals surface area (Å²) in [4.78, 5) is 0. The van der Waals surface area contributed by atoms with E-state index >= 15 is 0 Å². The average molecular weight is 221 g/mol. The quantitative estimate of drug-likeness (QED) is 0.772. The van der Waals surface area contributed by atoms with E-state index in [-0.39, 0.29) is 0 Å². The van der Waals surface area contributed by atoms with Gasteiger partial charge in [-0.25, -0.2) is 0 Å². The second-order valence-electron chi connectivity index (χ2n) is 4.41. The first kappa shape index (κ1) is 13.0. The summed E-state index contributed by atoms with van der Waals surface area (Å²) in [5.41, 5.74) is 2.19. The molecule has 0 amide bonds. The molecule has 1 atom stereocenters. The highest BCUT2D eigenvalue weighted by atomic mass is 16.3. The highest BCUT2D eigenvalue weighted by Gasteiger charge is 2.06. The van der Waals surface area contributed by atoms with E-state index in [0.717, 1.165) is 18.5 Å². The van der Waals surface area contributed by atoms with Crippen LogP contribution in [0, 0.1) is 6.92 Å². The van der Waals surface area contributed by atoms with Crippen LogP contribution >= 0.6 is 0 Å². The van der Waals surface area contributed by atoms with Gasteiger partial charge in [0, 0.05) is 18.2 Å². The molecule has 1 aromatic carbocycles. The van der Waals surface area contributed by atoms with Gasteiger partial charge >= 0.3 is 0 Å². The normalized spacial score (nSPS) is 12.7. The molecule has 0 aromatic heterocycles. The van der Waals surface area contributed by atoms with Gasteiger partial charge in [-0.2, -0.15) is 0 Å². The number of nitrogens with one attached hydrogen (secondary N) is 1. The lowest BCUT2D eigenvalue weighted by Gasteiger charge is -2.16. The van der Waals surface area contributed by atoms with Crippen molar-refractivity contribution in [2.24, 2.45) is 0 Å². The summed E-state index contributed by atoms with van der Waals surface area (Å²) < 4.78 is 0. The van der Waals surface area contributed by atoms with Gasteiger partial charge in [0.2, 0.25) is 0 Å². The monoisotopic (exact) mass is 221 g/mol. The predicted octanol–water partition coefficient (Wildman–Crippen LogP) is 3.37. The summed E-state index contributed by atoms with van der Waals surface area (Å²) >= 11 is 0. The van der Waals surface area contributed by atoms with Crippen LogP contribution in [0.1, 0.15) is 44.2 Å². The van der Waals surface area contributed by atoms with Crippen molar-refractivity contribution in [2.75, 3.05) is 0 Å². The Morgan fingerprint density at radius 3 is 2.69 bits per heavy atom. The lowest BCUT2D eigenvalue weighted by Crippen LogP contribution is -2.27. The maximum absolute atomic E-state index is 9.71. The molecule has 0 aliphatic heterocycles. The SMILES string of the molecule is CCCC(CC)NCc1cc(C)ccc1O. The lowest BCUT2D eigenvalue weighted by molar-refractivity contribution is 0.439. The van der Waals surface area contributed by atoms with Crippen LogP contribution in [-0.4, -0.2) is 11.1 Å². The molecule has 16 heavy (non-hydrogen) atoms. The third kappa shape index (κ3) is 3.86. The van der Waals surface area contributed by atoms with E-state index in [1.54, 1.807) is 6.07 Å². The van der Waals surface area contributed by atoms with Crippen LogP contribution in [0.25, 0.3) is 0 Å². The fourth-order valence-electron chi connectivity index (χ4n) is 1.91. The molecule has 0 aliphatic carbocycles. The van der Waals surface area contributed by atoms with Crippen molar-refractivity contribution in [1.82, 2.24) is 5.32 Å². The van der Waals surface area contributed by atoms with E-state index in [1.807, 2.05) is 19.1 Å². The van der Waals surface area contributed by atoms with E-state index in [4.69, 9.17) is 0 Å². The number of aryl methyl sites for hydroxylation is 1. The van der Waals surface area contributed by atoms with Crippen LogP contribution in [0.5, 0.6) is 5.75 Å². The Morgan fingerprint density at radius 1 is 1.31 bits per heavy atom. The Balaban J connectivity index is 2.55. The molecule has 1 rings (SSSR count). The molecular weight excluding hydrogens is 198 g/mol. The summed E-state index contributed by atoms with van der Waals surface area (Å²) in [6, 6.07) is 6.31. The van der Waals surface area contributed by atoms with Gasteiger partial charge in [0.15, 0.2) is 0 Å². The van der Waals surface area contributed by atoms with Gasteiger partial charge in [0.1, 0.15) is 5.75 Å². The number of aromatic hydroxyl groups is 1. The molecule has 0 aliphatic rings. The van der Waals surface area contributed by atoms with Gasteiger partial charge in [0.25, 0.3) is 0 Å². The van der Waals surface area contributed by atoms with Crippen molar-refractivity contribution in [3.05, 3.63) is 29.3 Å². The Bertz CT molecular complexity index is 323. The number of benzene rings is 1. The molecule has 90 valence electrons. The highest BCUT2D eigenvalue weighted by Crippen LogP contribution is 2.18. The molecule has 0 spiro atoms. The van der Waals surface area contributed by atoms with E-state index < -0.39 is 0 Å². The highest BCUT2D eigenvalue weighted by molar-refractivity contribution is 5.35. The summed E-state index contributed by atoms with van der Waals surface area (Å²) in [6.07, 6.45) is 3.54. The average Bonchev–Trinajstić information content (AvgIpc) is 2.28. The van der Waals surface area contributed by atoms with Crippen molar-refractivity contribution in [3.8, 4) is 5.75 Å². The molecule has 0 bridgehead atoms. The number of phenols is 1. The Kier molecular flexibility index (Phi) is 5.33. The van der Waals surface area contributed by atoms with Gasteiger partial charge < -0.3 is 10.4 Å². The van der Waals surface area contributed by atoms with Crippen LogP contribution in [0.4, 0.5) is 0 Å². The van der Waals surface area contributed by atoms with Crippen molar-refractivity contribution in [2.45, 2.75) is 52.6 Å². The van der Waals surface area contributed by atoms with E-state index in [2.05, 4.69) is 19.2 Å². The maximum Gasteiger partial charge on any atom is 0.120 e. The van der Waals surface area contributed by atoms with Gasteiger partial charge in [-0.3, -0.25) is 0 Å². The summed E-state index contributed by atoms with van der Waals surface area (Å²) in [7, 11) is 0. The standard InChI is InChI=1S/C14H23NO/c1-4-6-13(5-2)15-10-12-9-11(3)7-8-14(12)16/h7-9,13,15-16H,4-6,10H2,1-3H3. The van der Waals surface area contributed by atoms with Gasteiger partial charge in [-0.05, 0) is 25.8 Å². The molecule has 0 saturated heterocycles. The summed E-state index contributed by atoms with van der Waals surface area (Å²) in [5, 5.41) is 13.2. The zero-order valence-corrected chi connectivity index (χ0v) is 10.6. The van der Waals surface area contributed by atoms with Crippen molar-refractivity contribution >= 4 is 0 Å². The van der Waals surface area contributed by atoms with Gasteiger partial charge in [-0.1, -0.05) is 38.0 Å². The number of hydrogen-bond acceptors (Lipinski definition) is 2. The van der Waals surface area contributed by atoms with Crippen LogP contribution < -0.4 is 5.32 Å². The topological polar surface area (TPSA) is 32.3 Å². The number of phenolic OH excluding ortho intramolecular Hbond substituents is 1. The first-order valence-corrected chi connectivity index (χ1v) is 6.19.